The largest absolute Gasteiger partial charge is 0.378 e. The van der Waals surface area contributed by atoms with Gasteiger partial charge in [0.1, 0.15) is 23.5 Å². The number of fused-ring (bicyclic) bond motifs is 1. The lowest BCUT2D eigenvalue weighted by atomic mass is 9.75. The number of nitrogens with zero attached hydrogens (tertiary/aromatic N) is 6. The van der Waals surface area contributed by atoms with Gasteiger partial charge in [0.15, 0.2) is 0 Å². The van der Waals surface area contributed by atoms with Crippen molar-refractivity contribution in [1.82, 2.24) is 24.3 Å². The fraction of sp³-hybridized carbons (Fsp3) is 0.583. The van der Waals surface area contributed by atoms with Gasteiger partial charge in [-0.3, -0.25) is 14.7 Å². The van der Waals surface area contributed by atoms with Crippen LogP contribution in [0.5, 0.6) is 0 Å². The summed E-state index contributed by atoms with van der Waals surface area (Å²) in [5.74, 6) is -0.144. The first kappa shape index (κ1) is 21.1. The van der Waals surface area contributed by atoms with E-state index in [-0.39, 0.29) is 16.9 Å². The molecule has 8 nitrogen and oxygen atoms in total. The van der Waals surface area contributed by atoms with Crippen molar-refractivity contribution in [3.8, 4) is 6.07 Å². The van der Waals surface area contributed by atoms with Gasteiger partial charge in [-0.05, 0) is 51.3 Å². The minimum atomic E-state index is -0.311. The van der Waals surface area contributed by atoms with E-state index in [2.05, 4.69) is 27.9 Å². The maximum atomic E-state index is 13.6. The maximum absolute atomic E-state index is 13.6. The van der Waals surface area contributed by atoms with Gasteiger partial charge >= 0.3 is 0 Å². The molecule has 32 heavy (non-hydrogen) atoms. The van der Waals surface area contributed by atoms with Gasteiger partial charge in [0.05, 0.1) is 36.7 Å². The van der Waals surface area contributed by atoms with Crippen LogP contribution in [0, 0.1) is 16.7 Å². The normalized spacial score (nSPS) is 22.8. The highest BCUT2D eigenvalue weighted by Crippen LogP contribution is 2.44. The second-order valence-corrected chi connectivity index (χ2v) is 9.46. The molecule has 0 aliphatic carbocycles. The molecule has 3 saturated heterocycles. The Labute approximate surface area is 188 Å². The SMILES string of the molecule is CC1(C(=C(C#N)C(=O)N2CCCCC2)n2cnc3cnccc32)CCN(C2COC2)CC1. The Morgan fingerprint density at radius 2 is 1.94 bits per heavy atom. The predicted octanol–water partition coefficient (Wildman–Crippen LogP) is 2.68. The third-order valence-electron chi connectivity index (χ3n) is 7.41. The van der Waals surface area contributed by atoms with Crippen molar-refractivity contribution in [2.75, 3.05) is 39.4 Å². The Balaban J connectivity index is 1.58. The average molecular weight is 435 g/mol. The number of carbonyl (C=O) groups excluding carboxylic acids is 1. The van der Waals surface area contributed by atoms with Gasteiger partial charge in [0, 0.05) is 24.7 Å². The minimum absolute atomic E-state index is 0.144. The lowest BCUT2D eigenvalue weighted by Gasteiger charge is -2.46. The number of imidazole rings is 1. The summed E-state index contributed by atoms with van der Waals surface area (Å²) in [5.41, 5.74) is 2.37. The van der Waals surface area contributed by atoms with Crippen LogP contribution >= 0.6 is 0 Å². The summed E-state index contributed by atoms with van der Waals surface area (Å²) in [4.78, 5) is 26.6. The molecular formula is C24H30N6O2. The van der Waals surface area contributed by atoms with Crippen molar-refractivity contribution in [2.24, 2.45) is 5.41 Å². The van der Waals surface area contributed by atoms with Crippen molar-refractivity contribution in [2.45, 2.75) is 45.1 Å². The highest BCUT2D eigenvalue weighted by Gasteiger charge is 2.41. The number of aromatic nitrogens is 3. The summed E-state index contributed by atoms with van der Waals surface area (Å²) < 4.78 is 7.36. The van der Waals surface area contributed by atoms with E-state index in [4.69, 9.17) is 4.74 Å². The van der Waals surface area contributed by atoms with Crippen molar-refractivity contribution in [1.29, 1.82) is 5.26 Å². The highest BCUT2D eigenvalue weighted by molar-refractivity contribution is 6.04. The zero-order chi connectivity index (χ0) is 22.1. The lowest BCUT2D eigenvalue weighted by molar-refractivity contribution is -0.127. The molecule has 0 aromatic carbocycles. The first-order valence-electron chi connectivity index (χ1n) is 11.6. The Bertz CT molecular complexity index is 1070. The fourth-order valence-electron chi connectivity index (χ4n) is 5.27. The number of hydrogen-bond donors (Lipinski definition) is 0. The smallest absolute Gasteiger partial charge is 0.266 e. The molecule has 3 aliphatic heterocycles. The van der Waals surface area contributed by atoms with Gasteiger partial charge in [0.2, 0.25) is 0 Å². The van der Waals surface area contributed by atoms with E-state index in [9.17, 15) is 10.1 Å². The molecule has 0 spiro atoms. The number of carbonyl (C=O) groups is 1. The summed E-state index contributed by atoms with van der Waals surface area (Å²) in [6.45, 7) is 7.10. The third kappa shape index (κ3) is 3.70. The number of allylic oxidation sites excluding steroid dienone is 1. The first-order valence-corrected chi connectivity index (χ1v) is 11.6. The summed E-state index contributed by atoms with van der Waals surface area (Å²) in [6.07, 6.45) is 10.1. The van der Waals surface area contributed by atoms with Crippen LogP contribution in [0.2, 0.25) is 0 Å². The van der Waals surface area contributed by atoms with Gasteiger partial charge < -0.3 is 14.2 Å². The van der Waals surface area contributed by atoms with Gasteiger partial charge in [0.25, 0.3) is 5.91 Å². The van der Waals surface area contributed by atoms with Crippen molar-refractivity contribution >= 4 is 22.6 Å². The van der Waals surface area contributed by atoms with Gasteiger partial charge in [-0.1, -0.05) is 6.92 Å². The summed E-state index contributed by atoms with van der Waals surface area (Å²) in [6, 6.07) is 4.73. The Morgan fingerprint density at radius 1 is 1.19 bits per heavy atom. The minimum Gasteiger partial charge on any atom is -0.378 e. The van der Waals surface area contributed by atoms with Crippen molar-refractivity contribution in [3.63, 3.8) is 0 Å². The number of likely N-dealkylation sites (tertiary alicyclic amines) is 2. The number of amides is 1. The molecule has 3 fully saturated rings. The van der Waals surface area contributed by atoms with Crippen LogP contribution in [0.15, 0.2) is 30.4 Å². The van der Waals surface area contributed by atoms with E-state index in [0.29, 0.717) is 6.04 Å². The summed E-state index contributed by atoms with van der Waals surface area (Å²) >= 11 is 0. The van der Waals surface area contributed by atoms with Crippen LogP contribution in [-0.2, 0) is 9.53 Å². The lowest BCUT2D eigenvalue weighted by Crippen LogP contribution is -2.53. The van der Waals surface area contributed by atoms with Crippen molar-refractivity contribution < 1.29 is 9.53 Å². The monoisotopic (exact) mass is 434 g/mol. The number of pyridine rings is 1. The van der Waals surface area contributed by atoms with Gasteiger partial charge in [-0.2, -0.15) is 5.26 Å². The van der Waals surface area contributed by atoms with Gasteiger partial charge in [-0.15, -0.1) is 0 Å². The quantitative estimate of drug-likeness (QED) is 0.543. The standard InChI is InChI=1S/C24H30N6O2/c1-24(6-11-28(12-7-24)18-15-32-16-18)22(30-17-27-20-14-26-8-5-21(20)30)19(13-25)23(31)29-9-3-2-4-10-29/h5,8,14,17-18H,2-4,6-7,9-12,15-16H2,1H3. The van der Waals surface area contributed by atoms with Crippen LogP contribution in [-0.4, -0.2) is 75.7 Å². The predicted molar refractivity (Wildman–Crippen MR) is 120 cm³/mol. The topological polar surface area (TPSA) is 87.3 Å². The number of rotatable bonds is 4. The van der Waals surface area contributed by atoms with Crippen LogP contribution in [0.1, 0.15) is 39.0 Å². The van der Waals surface area contributed by atoms with Crippen LogP contribution in [0.3, 0.4) is 0 Å². The molecule has 0 bridgehead atoms. The molecule has 3 aliphatic rings. The second-order valence-electron chi connectivity index (χ2n) is 9.46. The molecule has 2 aromatic heterocycles. The third-order valence-corrected chi connectivity index (χ3v) is 7.41. The fourth-order valence-corrected chi connectivity index (χ4v) is 5.27. The van der Waals surface area contributed by atoms with E-state index < -0.39 is 0 Å². The van der Waals surface area contributed by atoms with E-state index in [1.807, 2.05) is 15.5 Å². The molecule has 5 rings (SSSR count). The van der Waals surface area contributed by atoms with E-state index in [1.54, 1.807) is 18.7 Å². The second kappa shape index (κ2) is 8.64. The Hall–Kier alpha value is -2.76. The molecule has 0 radical (unpaired) electrons. The molecule has 168 valence electrons. The number of hydrogen-bond acceptors (Lipinski definition) is 6. The molecule has 1 amide bonds. The molecule has 0 unspecified atom stereocenters. The van der Waals surface area contributed by atoms with Crippen LogP contribution in [0.25, 0.3) is 16.7 Å². The summed E-state index contributed by atoms with van der Waals surface area (Å²) in [7, 11) is 0. The Morgan fingerprint density at radius 3 is 2.59 bits per heavy atom. The van der Waals surface area contributed by atoms with Crippen LogP contribution in [0.4, 0.5) is 0 Å². The number of piperidine rings is 2. The van der Waals surface area contributed by atoms with E-state index in [1.165, 1.54) is 0 Å². The molecule has 5 heterocycles. The number of nitriles is 1. The summed E-state index contributed by atoms with van der Waals surface area (Å²) in [5, 5.41) is 10.3. The molecule has 8 heteroatoms. The first-order chi connectivity index (χ1) is 15.6. The highest BCUT2D eigenvalue weighted by atomic mass is 16.5. The molecule has 0 saturated carbocycles. The molecule has 2 aromatic rings. The van der Waals surface area contributed by atoms with Gasteiger partial charge in [-0.25, -0.2) is 4.98 Å². The average Bonchev–Trinajstić information content (AvgIpc) is 3.21. The maximum Gasteiger partial charge on any atom is 0.266 e. The van der Waals surface area contributed by atoms with Crippen LogP contribution < -0.4 is 0 Å². The van der Waals surface area contributed by atoms with E-state index >= 15 is 0 Å². The Kier molecular flexibility index (Phi) is 5.70. The molecule has 0 N–H and O–H groups in total. The zero-order valence-electron chi connectivity index (χ0n) is 18.7. The molecule has 0 atom stereocenters. The van der Waals surface area contributed by atoms with Crippen molar-refractivity contribution in [3.05, 3.63) is 30.4 Å². The zero-order valence-corrected chi connectivity index (χ0v) is 18.7. The number of ether oxygens (including phenoxy) is 1. The molecular weight excluding hydrogens is 404 g/mol. The van der Waals surface area contributed by atoms with E-state index in [0.717, 1.165) is 88.2 Å².